The number of unbranched alkanes of at least 4 members (excludes halogenated alkanes) is 20. The molecule has 0 saturated carbocycles. The lowest BCUT2D eigenvalue weighted by molar-refractivity contribution is -0.143. The van der Waals surface area contributed by atoms with Gasteiger partial charge in [0.2, 0.25) is 0 Å². The van der Waals surface area contributed by atoms with Gasteiger partial charge >= 0.3 is 5.97 Å². The number of hydrogen-bond donors (Lipinski definition) is 0. The van der Waals surface area contributed by atoms with Crippen LogP contribution in [0.2, 0.25) is 0 Å². The second-order valence-electron chi connectivity index (χ2n) is 8.90. The van der Waals surface area contributed by atoms with Crippen molar-refractivity contribution in [3.8, 4) is 0 Å². The van der Waals surface area contributed by atoms with Crippen LogP contribution in [0.4, 0.5) is 0 Å². The van der Waals surface area contributed by atoms with E-state index in [1.165, 1.54) is 122 Å². The van der Waals surface area contributed by atoms with E-state index in [0.29, 0.717) is 13.0 Å². The van der Waals surface area contributed by atoms with Crippen molar-refractivity contribution < 1.29 is 9.53 Å². The minimum Gasteiger partial charge on any atom is -0.466 e. The van der Waals surface area contributed by atoms with Crippen LogP contribution >= 0.6 is 0 Å². The van der Waals surface area contributed by atoms with Crippen molar-refractivity contribution in [1.82, 2.24) is 0 Å². The molecular formula is C27H53O2. The Labute approximate surface area is 184 Å². The summed E-state index contributed by atoms with van der Waals surface area (Å²) in [5, 5.41) is 0. The predicted octanol–water partition coefficient (Wildman–Crippen LogP) is 9.36. The van der Waals surface area contributed by atoms with E-state index in [1.807, 2.05) is 0 Å². The van der Waals surface area contributed by atoms with E-state index in [1.54, 1.807) is 0 Å². The highest BCUT2D eigenvalue weighted by Crippen LogP contribution is 2.13. The molecule has 0 saturated heterocycles. The molecule has 2 nitrogen and oxygen atoms in total. The Hall–Kier alpha value is -0.530. The van der Waals surface area contributed by atoms with Gasteiger partial charge in [0.25, 0.3) is 0 Å². The molecule has 173 valence electrons. The van der Waals surface area contributed by atoms with Crippen LogP contribution in [0.25, 0.3) is 0 Å². The van der Waals surface area contributed by atoms with Crippen molar-refractivity contribution in [3.63, 3.8) is 0 Å². The maximum atomic E-state index is 11.8. The van der Waals surface area contributed by atoms with Gasteiger partial charge in [-0.25, -0.2) is 0 Å². The van der Waals surface area contributed by atoms with Gasteiger partial charge in [-0.05, 0) is 12.8 Å². The first-order valence-electron chi connectivity index (χ1n) is 13.3. The number of ether oxygens (including phenoxy) is 1. The number of rotatable bonds is 24. The lowest BCUT2D eigenvalue weighted by Gasteiger charge is -2.06. The third-order valence-corrected chi connectivity index (χ3v) is 5.89. The SMILES string of the molecule is [CH2]CCCCCCCCCCCCOC(=O)CCCCCCCCCCCCC. The fourth-order valence-electron chi connectivity index (χ4n) is 3.88. The Morgan fingerprint density at radius 1 is 0.552 bits per heavy atom. The molecule has 0 heterocycles. The van der Waals surface area contributed by atoms with Crippen LogP contribution in [-0.2, 0) is 9.53 Å². The first-order valence-corrected chi connectivity index (χ1v) is 13.3. The highest BCUT2D eigenvalue weighted by molar-refractivity contribution is 5.69. The summed E-state index contributed by atoms with van der Waals surface area (Å²) < 4.78 is 5.37. The fraction of sp³-hybridized carbons (Fsp3) is 0.926. The zero-order valence-electron chi connectivity index (χ0n) is 20.0. The van der Waals surface area contributed by atoms with Gasteiger partial charge < -0.3 is 4.74 Å². The molecule has 0 spiro atoms. The number of carbonyl (C=O) groups excluding carboxylic acids is 1. The van der Waals surface area contributed by atoms with Crippen molar-refractivity contribution in [2.24, 2.45) is 0 Å². The molecule has 0 aliphatic heterocycles. The van der Waals surface area contributed by atoms with Gasteiger partial charge in [0.05, 0.1) is 6.61 Å². The predicted molar refractivity (Wildman–Crippen MR) is 128 cm³/mol. The summed E-state index contributed by atoms with van der Waals surface area (Å²) in [5.41, 5.74) is 0. The second-order valence-corrected chi connectivity index (χ2v) is 8.90. The Balaban J connectivity index is 3.13. The molecule has 0 unspecified atom stereocenters. The van der Waals surface area contributed by atoms with Crippen LogP contribution in [0, 0.1) is 6.92 Å². The molecule has 0 rings (SSSR count). The van der Waals surface area contributed by atoms with E-state index >= 15 is 0 Å². The Morgan fingerprint density at radius 2 is 0.931 bits per heavy atom. The molecule has 0 aromatic carbocycles. The van der Waals surface area contributed by atoms with Gasteiger partial charge in [0, 0.05) is 6.42 Å². The van der Waals surface area contributed by atoms with Gasteiger partial charge in [-0.2, -0.15) is 0 Å². The van der Waals surface area contributed by atoms with Crippen LogP contribution < -0.4 is 0 Å². The number of esters is 1. The summed E-state index contributed by atoms with van der Waals surface area (Å²) in [6, 6.07) is 0. The molecule has 0 fully saturated rings. The van der Waals surface area contributed by atoms with Gasteiger partial charge in [-0.1, -0.05) is 142 Å². The molecule has 0 aliphatic carbocycles. The molecule has 0 atom stereocenters. The van der Waals surface area contributed by atoms with Crippen LogP contribution in [0.1, 0.15) is 155 Å². The lowest BCUT2D eigenvalue weighted by atomic mass is 10.1. The van der Waals surface area contributed by atoms with Gasteiger partial charge in [0.1, 0.15) is 0 Å². The maximum Gasteiger partial charge on any atom is 0.305 e. The van der Waals surface area contributed by atoms with Crippen molar-refractivity contribution in [2.45, 2.75) is 155 Å². The average molecular weight is 410 g/mol. The van der Waals surface area contributed by atoms with Gasteiger partial charge in [0.15, 0.2) is 0 Å². The highest BCUT2D eigenvalue weighted by Gasteiger charge is 2.02. The Kier molecular flexibility index (Phi) is 25.0. The maximum absolute atomic E-state index is 11.8. The molecule has 1 radical (unpaired) electrons. The summed E-state index contributed by atoms with van der Waals surface area (Å²) in [6.45, 7) is 6.79. The molecule has 0 bridgehead atoms. The second kappa shape index (κ2) is 25.5. The molecule has 0 aromatic heterocycles. The molecule has 2 heteroatoms. The molecule has 0 amide bonds. The number of carbonyl (C=O) groups is 1. The molecule has 29 heavy (non-hydrogen) atoms. The smallest absolute Gasteiger partial charge is 0.305 e. The standard InChI is InChI=1S/C27H53O2/c1-3-5-7-9-11-13-15-17-19-21-23-25-27(28)29-26-24-22-20-18-16-14-12-10-8-6-4-2/h2-26H2,1H3. The summed E-state index contributed by atoms with van der Waals surface area (Å²) in [6.07, 6.45) is 29.2. The fourth-order valence-corrected chi connectivity index (χ4v) is 3.88. The van der Waals surface area contributed by atoms with Crippen LogP contribution in [0.5, 0.6) is 0 Å². The minimum absolute atomic E-state index is 0.0169. The first kappa shape index (κ1) is 28.5. The van der Waals surface area contributed by atoms with E-state index < -0.39 is 0 Å². The Morgan fingerprint density at radius 3 is 1.38 bits per heavy atom. The van der Waals surface area contributed by atoms with Crippen LogP contribution in [-0.4, -0.2) is 12.6 Å². The molecule has 0 N–H and O–H groups in total. The monoisotopic (exact) mass is 409 g/mol. The van der Waals surface area contributed by atoms with E-state index in [9.17, 15) is 4.79 Å². The van der Waals surface area contributed by atoms with Gasteiger partial charge in [-0.3, -0.25) is 4.79 Å². The van der Waals surface area contributed by atoms with Gasteiger partial charge in [-0.15, -0.1) is 0 Å². The molecule has 0 aromatic rings. The third-order valence-electron chi connectivity index (χ3n) is 5.89. The van der Waals surface area contributed by atoms with E-state index in [-0.39, 0.29) is 5.97 Å². The molecule has 0 aliphatic rings. The van der Waals surface area contributed by atoms with Crippen LogP contribution in [0.15, 0.2) is 0 Å². The summed E-state index contributed by atoms with van der Waals surface area (Å²) in [5.74, 6) is 0.0169. The average Bonchev–Trinajstić information content (AvgIpc) is 2.72. The lowest BCUT2D eigenvalue weighted by Crippen LogP contribution is -2.05. The largest absolute Gasteiger partial charge is 0.466 e. The topological polar surface area (TPSA) is 26.3 Å². The van der Waals surface area contributed by atoms with Crippen molar-refractivity contribution in [2.75, 3.05) is 6.61 Å². The molecular weight excluding hydrogens is 356 g/mol. The summed E-state index contributed by atoms with van der Waals surface area (Å²) in [7, 11) is 0. The van der Waals surface area contributed by atoms with Crippen molar-refractivity contribution in [3.05, 3.63) is 6.92 Å². The van der Waals surface area contributed by atoms with Crippen molar-refractivity contribution in [1.29, 1.82) is 0 Å². The van der Waals surface area contributed by atoms with E-state index in [2.05, 4.69) is 13.8 Å². The Bertz CT molecular complexity index is 314. The highest BCUT2D eigenvalue weighted by atomic mass is 16.5. The summed E-state index contributed by atoms with van der Waals surface area (Å²) >= 11 is 0. The van der Waals surface area contributed by atoms with E-state index in [0.717, 1.165) is 19.3 Å². The minimum atomic E-state index is 0.0169. The first-order chi connectivity index (χ1) is 14.3. The van der Waals surface area contributed by atoms with Crippen LogP contribution in [0.3, 0.4) is 0 Å². The number of hydrogen-bond acceptors (Lipinski definition) is 2. The zero-order valence-corrected chi connectivity index (χ0v) is 20.0. The normalized spacial score (nSPS) is 11.1. The summed E-state index contributed by atoms with van der Waals surface area (Å²) in [4.78, 5) is 11.8. The quantitative estimate of drug-likeness (QED) is 0.117. The zero-order chi connectivity index (χ0) is 21.3. The van der Waals surface area contributed by atoms with E-state index in [4.69, 9.17) is 4.74 Å². The third kappa shape index (κ3) is 25.4. The van der Waals surface area contributed by atoms with Crippen molar-refractivity contribution >= 4 is 5.97 Å².